The molecule has 3 aromatic carbocycles. The molecule has 1 atom stereocenters. The summed E-state index contributed by atoms with van der Waals surface area (Å²) in [5, 5.41) is 2.15. The highest BCUT2D eigenvalue weighted by molar-refractivity contribution is 8.04. The predicted molar refractivity (Wildman–Crippen MR) is 130 cm³/mol. The van der Waals surface area contributed by atoms with Crippen LogP contribution < -0.4 is 5.43 Å². The van der Waals surface area contributed by atoms with Crippen LogP contribution in [0, 0.1) is 0 Å². The van der Waals surface area contributed by atoms with Crippen molar-refractivity contribution in [2.24, 2.45) is 0 Å². The maximum atomic E-state index is 13.4. The van der Waals surface area contributed by atoms with Crippen molar-refractivity contribution >= 4 is 41.0 Å². The molecule has 0 aliphatic carbocycles. The van der Waals surface area contributed by atoms with Crippen LogP contribution in [0.4, 0.5) is 5.69 Å². The third-order valence-electron chi connectivity index (χ3n) is 5.07. The topological polar surface area (TPSA) is 50.2 Å². The Morgan fingerprint density at radius 1 is 0.969 bits per heavy atom. The molecule has 5 rings (SSSR count). The van der Waals surface area contributed by atoms with Gasteiger partial charge in [0, 0.05) is 23.1 Å². The Labute approximate surface area is 195 Å². The normalized spacial score (nSPS) is 17.2. The molecule has 2 heterocycles. The van der Waals surface area contributed by atoms with E-state index in [2.05, 4.69) is 10.4 Å². The lowest BCUT2D eigenvalue weighted by molar-refractivity contribution is -0.124. The summed E-state index contributed by atoms with van der Waals surface area (Å²) < 4.78 is 1.95. The second-order valence-corrected chi connectivity index (χ2v) is 8.80. The highest BCUT2D eigenvalue weighted by Gasteiger charge is 2.37. The van der Waals surface area contributed by atoms with E-state index in [0.717, 1.165) is 22.5 Å². The number of nitrogens with one attached hydrogen (secondary N) is 1. The van der Waals surface area contributed by atoms with Crippen molar-refractivity contribution in [2.75, 3.05) is 5.43 Å². The van der Waals surface area contributed by atoms with Crippen LogP contribution in [0.2, 0.25) is 5.02 Å². The molecular formula is C25H19ClN4OS. The number of aromatic nitrogens is 2. The summed E-state index contributed by atoms with van der Waals surface area (Å²) in [6.45, 7) is 0. The molecule has 1 unspecified atom stereocenters. The second kappa shape index (κ2) is 8.94. The van der Waals surface area contributed by atoms with Gasteiger partial charge in [-0.2, -0.15) is 0 Å². The van der Waals surface area contributed by atoms with Crippen molar-refractivity contribution in [2.45, 2.75) is 5.37 Å². The van der Waals surface area contributed by atoms with Crippen molar-refractivity contribution in [3.8, 4) is 5.69 Å². The zero-order valence-electron chi connectivity index (χ0n) is 16.9. The van der Waals surface area contributed by atoms with Crippen LogP contribution in [0.5, 0.6) is 0 Å². The standard InChI is InChI=1S/C25H19ClN4OS/c26-20-10-6-18(7-11-20)16-23-24(31)30(28-21-4-2-1-3-5-21)25(32-23)19-8-12-22(13-9-19)29-15-14-27-17-29/h1-17,25,28H/b23-16+. The summed E-state index contributed by atoms with van der Waals surface area (Å²) in [5.74, 6) is -0.0718. The first-order valence-electron chi connectivity index (χ1n) is 10.0. The smallest absolute Gasteiger partial charge is 0.280 e. The lowest BCUT2D eigenvalue weighted by atomic mass is 10.2. The van der Waals surface area contributed by atoms with Crippen LogP contribution in [-0.4, -0.2) is 20.5 Å². The molecule has 158 valence electrons. The van der Waals surface area contributed by atoms with E-state index in [-0.39, 0.29) is 11.3 Å². The molecule has 0 bridgehead atoms. The molecule has 7 heteroatoms. The molecule has 1 fully saturated rings. The first kappa shape index (κ1) is 20.4. The van der Waals surface area contributed by atoms with Crippen LogP contribution in [0.1, 0.15) is 16.5 Å². The quantitative estimate of drug-likeness (QED) is 0.363. The van der Waals surface area contributed by atoms with Gasteiger partial charge in [-0.25, -0.2) is 9.99 Å². The number of para-hydroxylation sites is 1. The van der Waals surface area contributed by atoms with Gasteiger partial charge >= 0.3 is 0 Å². The second-order valence-electron chi connectivity index (χ2n) is 7.24. The Hall–Kier alpha value is -3.48. The van der Waals surface area contributed by atoms with Crippen molar-refractivity contribution in [1.29, 1.82) is 0 Å². The number of benzene rings is 3. The monoisotopic (exact) mass is 458 g/mol. The van der Waals surface area contributed by atoms with Crippen LogP contribution in [0.25, 0.3) is 11.8 Å². The summed E-state index contributed by atoms with van der Waals surface area (Å²) in [7, 11) is 0. The minimum Gasteiger partial charge on any atom is -0.306 e. The molecule has 1 saturated heterocycles. The van der Waals surface area contributed by atoms with E-state index in [9.17, 15) is 4.79 Å². The Balaban J connectivity index is 1.47. The average molecular weight is 459 g/mol. The summed E-state index contributed by atoms with van der Waals surface area (Å²) in [6.07, 6.45) is 7.32. The number of carbonyl (C=O) groups is 1. The number of hydrogen-bond acceptors (Lipinski definition) is 4. The molecule has 0 radical (unpaired) electrons. The number of halogens is 1. The maximum absolute atomic E-state index is 13.4. The zero-order valence-corrected chi connectivity index (χ0v) is 18.5. The van der Waals surface area contributed by atoms with Gasteiger partial charge in [0.25, 0.3) is 5.91 Å². The van der Waals surface area contributed by atoms with E-state index in [0.29, 0.717) is 9.93 Å². The molecule has 32 heavy (non-hydrogen) atoms. The molecular weight excluding hydrogens is 440 g/mol. The Morgan fingerprint density at radius 2 is 1.72 bits per heavy atom. The number of anilines is 1. The Kier molecular flexibility index (Phi) is 5.71. The molecule has 4 aromatic rings. The fourth-order valence-electron chi connectivity index (χ4n) is 3.46. The third kappa shape index (κ3) is 4.28. The first-order chi connectivity index (χ1) is 15.7. The van der Waals surface area contributed by atoms with Crippen molar-refractivity contribution in [3.63, 3.8) is 0 Å². The largest absolute Gasteiger partial charge is 0.306 e. The Morgan fingerprint density at radius 3 is 2.41 bits per heavy atom. The Bertz CT molecular complexity index is 1240. The molecule has 1 aliphatic heterocycles. The molecule has 1 aliphatic rings. The highest BCUT2D eigenvalue weighted by Crippen LogP contribution is 2.46. The van der Waals surface area contributed by atoms with Gasteiger partial charge in [0.1, 0.15) is 5.37 Å². The molecule has 0 spiro atoms. The van der Waals surface area contributed by atoms with E-state index in [1.54, 1.807) is 17.5 Å². The van der Waals surface area contributed by atoms with E-state index in [1.165, 1.54) is 11.8 Å². The van der Waals surface area contributed by atoms with Crippen molar-refractivity contribution < 1.29 is 4.79 Å². The van der Waals surface area contributed by atoms with E-state index in [1.807, 2.05) is 95.7 Å². The predicted octanol–water partition coefficient (Wildman–Crippen LogP) is 6.17. The fourth-order valence-corrected chi connectivity index (χ4v) is 4.77. The first-order valence-corrected chi connectivity index (χ1v) is 11.3. The minimum atomic E-state index is -0.210. The number of imidazole rings is 1. The fraction of sp³-hybridized carbons (Fsp3) is 0.0400. The van der Waals surface area contributed by atoms with Gasteiger partial charge in [-0.3, -0.25) is 10.2 Å². The van der Waals surface area contributed by atoms with Crippen LogP contribution in [-0.2, 0) is 4.79 Å². The van der Waals surface area contributed by atoms with Gasteiger partial charge in [0.15, 0.2) is 0 Å². The average Bonchev–Trinajstić information content (AvgIpc) is 3.46. The van der Waals surface area contributed by atoms with Gasteiger partial charge in [0.2, 0.25) is 0 Å². The maximum Gasteiger partial charge on any atom is 0.280 e. The lowest BCUT2D eigenvalue weighted by Crippen LogP contribution is -2.33. The molecule has 5 nitrogen and oxygen atoms in total. The minimum absolute atomic E-state index is 0.0718. The van der Waals surface area contributed by atoms with Gasteiger partial charge in [-0.05, 0) is 53.6 Å². The van der Waals surface area contributed by atoms with Gasteiger partial charge in [-0.1, -0.05) is 65.8 Å². The SMILES string of the molecule is O=C1/C(=C\c2ccc(Cl)cc2)SC(c2ccc(-n3ccnc3)cc2)N1Nc1ccccc1. The van der Waals surface area contributed by atoms with Crippen molar-refractivity contribution in [1.82, 2.24) is 14.6 Å². The number of rotatable bonds is 5. The number of carbonyl (C=O) groups excluding carboxylic acids is 1. The molecule has 1 N–H and O–H groups in total. The summed E-state index contributed by atoms with van der Waals surface area (Å²) in [4.78, 5) is 18.1. The molecule has 0 saturated carbocycles. The van der Waals surface area contributed by atoms with Crippen LogP contribution in [0.15, 0.2) is 102 Å². The summed E-state index contributed by atoms with van der Waals surface area (Å²) in [5.41, 5.74) is 7.12. The van der Waals surface area contributed by atoms with Crippen molar-refractivity contribution in [3.05, 3.63) is 119 Å². The molecule has 1 amide bonds. The van der Waals surface area contributed by atoms with E-state index >= 15 is 0 Å². The van der Waals surface area contributed by atoms with Gasteiger partial charge in [0.05, 0.1) is 16.9 Å². The van der Waals surface area contributed by atoms with Gasteiger partial charge in [-0.15, -0.1) is 0 Å². The number of hydrogen-bond donors (Lipinski definition) is 1. The molecule has 1 aromatic heterocycles. The van der Waals surface area contributed by atoms with Crippen LogP contribution in [0.3, 0.4) is 0 Å². The third-order valence-corrected chi connectivity index (χ3v) is 6.58. The lowest BCUT2D eigenvalue weighted by Gasteiger charge is -2.25. The summed E-state index contributed by atoms with van der Waals surface area (Å²) in [6, 6.07) is 25.3. The van der Waals surface area contributed by atoms with E-state index < -0.39 is 0 Å². The number of nitrogens with zero attached hydrogens (tertiary/aromatic N) is 3. The number of amides is 1. The van der Waals surface area contributed by atoms with Gasteiger partial charge < -0.3 is 4.57 Å². The van der Waals surface area contributed by atoms with Crippen LogP contribution >= 0.6 is 23.4 Å². The van der Waals surface area contributed by atoms with E-state index in [4.69, 9.17) is 11.6 Å². The highest BCUT2D eigenvalue weighted by atomic mass is 35.5. The number of thioether (sulfide) groups is 1. The zero-order chi connectivity index (χ0) is 21.9. The summed E-state index contributed by atoms with van der Waals surface area (Å²) >= 11 is 7.53. The number of hydrazine groups is 1.